The molecule has 1 saturated heterocycles. The Morgan fingerprint density at radius 1 is 1.31 bits per heavy atom. The van der Waals surface area contributed by atoms with Crippen LogP contribution in [-0.4, -0.2) is 48.0 Å². The molecule has 1 aromatic carbocycles. The summed E-state index contributed by atoms with van der Waals surface area (Å²) in [7, 11) is 0. The molecule has 0 unspecified atom stereocenters. The largest absolute Gasteiger partial charge is 0.385 e. The number of non-ortho nitro benzene ring substituents is 1. The SMILES string of the molecule is CCCN(C(=O)CCCNc1ccc([N+](=O)[O-])cc1)C1CCNCC1.Cl. The molecule has 0 spiro atoms. The summed E-state index contributed by atoms with van der Waals surface area (Å²) in [5.74, 6) is 0.235. The molecule has 0 saturated carbocycles. The second-order valence-corrected chi connectivity index (χ2v) is 6.40. The Morgan fingerprint density at radius 3 is 2.54 bits per heavy atom. The predicted molar refractivity (Wildman–Crippen MR) is 106 cm³/mol. The van der Waals surface area contributed by atoms with Crippen LogP contribution in [-0.2, 0) is 4.79 Å². The van der Waals surface area contributed by atoms with E-state index in [2.05, 4.69) is 22.5 Å². The van der Waals surface area contributed by atoms with Crippen molar-refractivity contribution >= 4 is 29.7 Å². The van der Waals surface area contributed by atoms with Crippen molar-refractivity contribution < 1.29 is 9.72 Å². The van der Waals surface area contributed by atoms with E-state index in [1.165, 1.54) is 12.1 Å². The zero-order valence-electron chi connectivity index (χ0n) is 15.3. The third kappa shape index (κ3) is 6.80. The highest BCUT2D eigenvalue weighted by Gasteiger charge is 2.23. The summed E-state index contributed by atoms with van der Waals surface area (Å²) in [6.45, 7) is 5.59. The van der Waals surface area contributed by atoms with Gasteiger partial charge in [-0.1, -0.05) is 6.92 Å². The highest BCUT2D eigenvalue weighted by molar-refractivity contribution is 5.85. The number of rotatable bonds is 9. The normalized spacial score (nSPS) is 14.3. The van der Waals surface area contributed by atoms with Crippen molar-refractivity contribution in [2.24, 2.45) is 0 Å². The van der Waals surface area contributed by atoms with Gasteiger partial charge in [0.1, 0.15) is 0 Å². The second kappa shape index (κ2) is 11.7. The first-order chi connectivity index (χ1) is 12.1. The molecule has 0 bridgehead atoms. The van der Waals surface area contributed by atoms with E-state index in [9.17, 15) is 14.9 Å². The number of benzene rings is 1. The lowest BCUT2D eigenvalue weighted by atomic mass is 10.0. The Labute approximate surface area is 161 Å². The third-order valence-electron chi connectivity index (χ3n) is 4.51. The average Bonchev–Trinajstić information content (AvgIpc) is 2.64. The quantitative estimate of drug-likeness (QED) is 0.388. The molecular formula is C18H29ClN4O3. The zero-order valence-corrected chi connectivity index (χ0v) is 16.1. The molecule has 1 aromatic rings. The minimum atomic E-state index is -0.411. The molecule has 0 radical (unpaired) electrons. The summed E-state index contributed by atoms with van der Waals surface area (Å²) in [6, 6.07) is 6.72. The van der Waals surface area contributed by atoms with Crippen molar-refractivity contribution in [3.8, 4) is 0 Å². The van der Waals surface area contributed by atoms with Gasteiger partial charge in [0.2, 0.25) is 5.91 Å². The van der Waals surface area contributed by atoms with Gasteiger partial charge in [0.05, 0.1) is 4.92 Å². The fraction of sp³-hybridized carbons (Fsp3) is 0.611. The van der Waals surface area contributed by atoms with Crippen molar-refractivity contribution in [2.75, 3.05) is 31.5 Å². The first-order valence-corrected chi connectivity index (χ1v) is 9.10. The van der Waals surface area contributed by atoms with Gasteiger partial charge in [-0.2, -0.15) is 0 Å². The Balaban J connectivity index is 0.00000338. The van der Waals surface area contributed by atoms with Gasteiger partial charge in [0, 0.05) is 43.4 Å². The molecule has 1 aliphatic rings. The van der Waals surface area contributed by atoms with Crippen LogP contribution in [0.4, 0.5) is 11.4 Å². The van der Waals surface area contributed by atoms with Crippen molar-refractivity contribution in [2.45, 2.75) is 45.1 Å². The number of carbonyl (C=O) groups is 1. The average molecular weight is 385 g/mol. The van der Waals surface area contributed by atoms with Gasteiger partial charge in [0.15, 0.2) is 0 Å². The van der Waals surface area contributed by atoms with Crippen molar-refractivity contribution in [3.63, 3.8) is 0 Å². The summed E-state index contributed by atoms with van der Waals surface area (Å²) >= 11 is 0. The van der Waals surface area contributed by atoms with Gasteiger partial charge < -0.3 is 15.5 Å². The molecule has 2 rings (SSSR count). The standard InChI is InChI=1S/C18H28N4O3.ClH/c1-2-14-21(16-9-12-19-13-10-16)18(23)4-3-11-20-15-5-7-17(8-6-15)22(24)25;/h5-8,16,19-20H,2-4,9-14H2,1H3;1H. The van der Waals surface area contributed by atoms with Gasteiger partial charge in [-0.15, -0.1) is 12.4 Å². The number of hydrogen-bond acceptors (Lipinski definition) is 5. The summed E-state index contributed by atoms with van der Waals surface area (Å²) in [5, 5.41) is 17.2. The van der Waals surface area contributed by atoms with Crippen molar-refractivity contribution in [1.29, 1.82) is 0 Å². The summed E-state index contributed by atoms with van der Waals surface area (Å²) in [4.78, 5) is 24.9. The summed E-state index contributed by atoms with van der Waals surface area (Å²) in [5.41, 5.74) is 0.916. The minimum Gasteiger partial charge on any atom is -0.385 e. The van der Waals surface area contributed by atoms with Crippen LogP contribution < -0.4 is 10.6 Å². The van der Waals surface area contributed by atoms with E-state index in [0.29, 0.717) is 19.0 Å². The number of halogens is 1. The van der Waals surface area contributed by atoms with Crippen LogP contribution in [0.3, 0.4) is 0 Å². The van der Waals surface area contributed by atoms with E-state index in [0.717, 1.165) is 51.0 Å². The van der Waals surface area contributed by atoms with Crippen LogP contribution in [0.2, 0.25) is 0 Å². The van der Waals surface area contributed by atoms with Crippen molar-refractivity contribution in [3.05, 3.63) is 34.4 Å². The fourth-order valence-electron chi connectivity index (χ4n) is 3.19. The first-order valence-electron chi connectivity index (χ1n) is 9.10. The topological polar surface area (TPSA) is 87.5 Å². The highest BCUT2D eigenvalue weighted by atomic mass is 35.5. The number of amides is 1. The third-order valence-corrected chi connectivity index (χ3v) is 4.51. The maximum absolute atomic E-state index is 12.6. The molecule has 8 heteroatoms. The van der Waals surface area contributed by atoms with Gasteiger partial charge in [-0.05, 0) is 50.9 Å². The molecule has 7 nitrogen and oxygen atoms in total. The molecule has 26 heavy (non-hydrogen) atoms. The molecule has 1 heterocycles. The molecule has 1 aliphatic heterocycles. The zero-order chi connectivity index (χ0) is 18.1. The van der Waals surface area contributed by atoms with Crippen LogP contribution in [0.15, 0.2) is 24.3 Å². The lowest BCUT2D eigenvalue weighted by Gasteiger charge is -2.34. The predicted octanol–water partition coefficient (Wildman–Crippen LogP) is 3.20. The van der Waals surface area contributed by atoms with E-state index in [1.54, 1.807) is 12.1 Å². The lowest BCUT2D eigenvalue weighted by molar-refractivity contribution is -0.384. The Morgan fingerprint density at radius 2 is 1.96 bits per heavy atom. The minimum absolute atomic E-state index is 0. The molecule has 0 aliphatic carbocycles. The van der Waals surface area contributed by atoms with Crippen LogP contribution in [0.1, 0.15) is 39.0 Å². The van der Waals surface area contributed by atoms with E-state index >= 15 is 0 Å². The number of anilines is 1. The maximum Gasteiger partial charge on any atom is 0.269 e. The van der Waals surface area contributed by atoms with Gasteiger partial charge in [-0.25, -0.2) is 0 Å². The van der Waals surface area contributed by atoms with Gasteiger partial charge in [-0.3, -0.25) is 14.9 Å². The lowest BCUT2D eigenvalue weighted by Crippen LogP contribution is -2.46. The molecule has 1 fully saturated rings. The van der Waals surface area contributed by atoms with E-state index < -0.39 is 4.92 Å². The van der Waals surface area contributed by atoms with Gasteiger partial charge >= 0.3 is 0 Å². The first kappa shape index (κ1) is 22.2. The molecule has 1 amide bonds. The number of hydrogen-bond donors (Lipinski definition) is 2. The van der Waals surface area contributed by atoms with E-state index in [4.69, 9.17) is 0 Å². The Bertz CT molecular complexity index is 562. The number of nitro benzene ring substituents is 1. The summed E-state index contributed by atoms with van der Waals surface area (Å²) in [6.07, 6.45) is 4.33. The van der Waals surface area contributed by atoms with E-state index in [-0.39, 0.29) is 24.0 Å². The summed E-state index contributed by atoms with van der Waals surface area (Å²) < 4.78 is 0. The molecular weight excluding hydrogens is 356 g/mol. The number of nitrogens with one attached hydrogen (secondary N) is 2. The van der Waals surface area contributed by atoms with Crippen molar-refractivity contribution in [1.82, 2.24) is 10.2 Å². The maximum atomic E-state index is 12.6. The fourth-order valence-corrected chi connectivity index (χ4v) is 3.19. The molecule has 0 atom stereocenters. The van der Waals surface area contributed by atoms with Crippen LogP contribution in [0, 0.1) is 10.1 Å². The monoisotopic (exact) mass is 384 g/mol. The van der Waals surface area contributed by atoms with Crippen LogP contribution in [0.5, 0.6) is 0 Å². The van der Waals surface area contributed by atoms with Crippen LogP contribution in [0.25, 0.3) is 0 Å². The van der Waals surface area contributed by atoms with Gasteiger partial charge in [0.25, 0.3) is 5.69 Å². The second-order valence-electron chi connectivity index (χ2n) is 6.40. The number of nitrogens with zero attached hydrogens (tertiary/aromatic N) is 2. The highest BCUT2D eigenvalue weighted by Crippen LogP contribution is 2.16. The Hall–Kier alpha value is -1.86. The van der Waals surface area contributed by atoms with Crippen LogP contribution >= 0.6 is 12.4 Å². The number of nitro groups is 1. The number of carbonyl (C=O) groups excluding carboxylic acids is 1. The smallest absolute Gasteiger partial charge is 0.269 e. The molecule has 146 valence electrons. The Kier molecular flexibility index (Phi) is 9.98. The molecule has 2 N–H and O–H groups in total. The number of piperidine rings is 1. The van der Waals surface area contributed by atoms with E-state index in [1.807, 2.05) is 0 Å². The molecule has 0 aromatic heterocycles.